The number of nitrogens with one attached hydrogen (secondary N) is 2. The van der Waals surface area contributed by atoms with Crippen molar-refractivity contribution in [3.05, 3.63) is 52.6 Å². The zero-order valence-electron chi connectivity index (χ0n) is 15.5. The van der Waals surface area contributed by atoms with Gasteiger partial charge in [0.05, 0.1) is 4.90 Å². The molecule has 0 radical (unpaired) electrons. The van der Waals surface area contributed by atoms with Crippen LogP contribution in [0.4, 0.5) is 0 Å². The molecule has 0 fully saturated rings. The van der Waals surface area contributed by atoms with Gasteiger partial charge in [-0.3, -0.25) is 4.79 Å². The Balaban J connectivity index is 1.79. The van der Waals surface area contributed by atoms with Crippen LogP contribution in [0.15, 0.2) is 35.2 Å². The maximum absolute atomic E-state index is 12.6. The lowest BCUT2D eigenvalue weighted by molar-refractivity contribution is 0.0950. The van der Waals surface area contributed by atoms with E-state index in [1.54, 1.807) is 19.9 Å². The molecule has 0 saturated heterocycles. The SMILES string of the molecule is CNS(=O)(=O)c1cc(C(=O)NCc2ccc3c(c2)OCCO3)cc(C)c1C. The van der Waals surface area contributed by atoms with Crippen molar-refractivity contribution in [3.63, 3.8) is 0 Å². The molecule has 1 aliphatic heterocycles. The molecule has 2 aromatic rings. The third-order valence-corrected chi connectivity index (χ3v) is 6.04. The van der Waals surface area contributed by atoms with E-state index in [0.29, 0.717) is 35.8 Å². The van der Waals surface area contributed by atoms with Crippen LogP contribution in [0.1, 0.15) is 27.0 Å². The molecule has 2 N–H and O–H groups in total. The molecule has 0 aromatic heterocycles. The molecule has 0 atom stereocenters. The maximum atomic E-state index is 12.6. The third kappa shape index (κ3) is 4.06. The number of hydrogen-bond acceptors (Lipinski definition) is 5. The first-order valence-electron chi connectivity index (χ1n) is 8.53. The molecule has 0 aliphatic carbocycles. The molecule has 0 saturated carbocycles. The highest BCUT2D eigenvalue weighted by Gasteiger charge is 2.19. The van der Waals surface area contributed by atoms with E-state index in [4.69, 9.17) is 9.47 Å². The van der Waals surface area contributed by atoms with Crippen LogP contribution < -0.4 is 19.5 Å². The van der Waals surface area contributed by atoms with Gasteiger partial charge in [0, 0.05) is 12.1 Å². The third-order valence-electron chi connectivity index (χ3n) is 4.50. The minimum atomic E-state index is -3.65. The van der Waals surface area contributed by atoms with E-state index in [1.165, 1.54) is 13.1 Å². The van der Waals surface area contributed by atoms with Crippen molar-refractivity contribution in [2.24, 2.45) is 0 Å². The minimum Gasteiger partial charge on any atom is -0.486 e. The number of fused-ring (bicyclic) bond motifs is 1. The number of carbonyl (C=O) groups excluding carboxylic acids is 1. The van der Waals surface area contributed by atoms with Crippen LogP contribution >= 0.6 is 0 Å². The second-order valence-corrected chi connectivity index (χ2v) is 8.14. The predicted octanol–water partition coefficient (Wildman–Crippen LogP) is 1.91. The van der Waals surface area contributed by atoms with Gasteiger partial charge in [0.25, 0.3) is 5.91 Å². The fourth-order valence-corrected chi connectivity index (χ4v) is 3.90. The molecule has 144 valence electrons. The molecular weight excluding hydrogens is 368 g/mol. The van der Waals surface area contributed by atoms with E-state index in [0.717, 1.165) is 11.1 Å². The monoisotopic (exact) mass is 390 g/mol. The highest BCUT2D eigenvalue weighted by atomic mass is 32.2. The molecule has 7 nitrogen and oxygen atoms in total. The minimum absolute atomic E-state index is 0.106. The first kappa shape index (κ1) is 19.2. The summed E-state index contributed by atoms with van der Waals surface area (Å²) in [5.41, 5.74) is 2.51. The second-order valence-electron chi connectivity index (χ2n) is 6.28. The molecule has 1 amide bonds. The van der Waals surface area contributed by atoms with Gasteiger partial charge < -0.3 is 14.8 Å². The van der Waals surface area contributed by atoms with Gasteiger partial charge in [-0.25, -0.2) is 13.1 Å². The Bertz CT molecular complexity index is 986. The summed E-state index contributed by atoms with van der Waals surface area (Å²) in [6, 6.07) is 8.57. The number of carbonyl (C=O) groups is 1. The van der Waals surface area contributed by atoms with E-state index in [-0.39, 0.29) is 17.3 Å². The number of ether oxygens (including phenoxy) is 2. The van der Waals surface area contributed by atoms with Gasteiger partial charge in [0.2, 0.25) is 10.0 Å². The summed E-state index contributed by atoms with van der Waals surface area (Å²) in [4.78, 5) is 12.7. The Kier molecular flexibility index (Phi) is 5.38. The van der Waals surface area contributed by atoms with Gasteiger partial charge in [0.15, 0.2) is 11.5 Å². The lowest BCUT2D eigenvalue weighted by atomic mass is 10.1. The number of rotatable bonds is 5. The van der Waals surface area contributed by atoms with E-state index in [2.05, 4.69) is 10.0 Å². The maximum Gasteiger partial charge on any atom is 0.251 e. The molecule has 3 rings (SSSR count). The Labute approximate surface area is 158 Å². The van der Waals surface area contributed by atoms with Crippen molar-refractivity contribution in [3.8, 4) is 11.5 Å². The van der Waals surface area contributed by atoms with E-state index < -0.39 is 10.0 Å². The predicted molar refractivity (Wildman–Crippen MR) is 101 cm³/mol. The van der Waals surface area contributed by atoms with Gasteiger partial charge in [-0.15, -0.1) is 0 Å². The van der Waals surface area contributed by atoms with Gasteiger partial charge in [0.1, 0.15) is 13.2 Å². The lowest BCUT2D eigenvalue weighted by Gasteiger charge is -2.19. The molecule has 0 spiro atoms. The number of amides is 1. The Morgan fingerprint density at radius 2 is 1.78 bits per heavy atom. The molecule has 0 unspecified atom stereocenters. The van der Waals surface area contributed by atoms with Crippen LogP contribution in [-0.2, 0) is 16.6 Å². The summed E-state index contributed by atoms with van der Waals surface area (Å²) >= 11 is 0. The summed E-state index contributed by atoms with van der Waals surface area (Å²) in [6.07, 6.45) is 0. The standard InChI is InChI=1S/C19H22N2O5S/c1-12-8-15(10-18(13(12)2)27(23,24)20-3)19(22)21-11-14-4-5-16-17(9-14)26-7-6-25-16/h4-5,8-10,20H,6-7,11H2,1-3H3,(H,21,22). The van der Waals surface area contributed by atoms with E-state index >= 15 is 0 Å². The van der Waals surface area contributed by atoms with Crippen LogP contribution in [-0.4, -0.2) is 34.6 Å². The van der Waals surface area contributed by atoms with Crippen molar-refractivity contribution in [1.82, 2.24) is 10.0 Å². The summed E-state index contributed by atoms with van der Waals surface area (Å²) in [5.74, 6) is 0.995. The Morgan fingerprint density at radius 3 is 2.48 bits per heavy atom. The van der Waals surface area contributed by atoms with Crippen LogP contribution in [0.2, 0.25) is 0 Å². The summed E-state index contributed by atoms with van der Waals surface area (Å²) in [7, 11) is -2.30. The van der Waals surface area contributed by atoms with Gasteiger partial charge in [-0.05, 0) is 61.9 Å². The lowest BCUT2D eigenvalue weighted by Crippen LogP contribution is -2.25. The zero-order chi connectivity index (χ0) is 19.6. The van der Waals surface area contributed by atoms with Crippen molar-refractivity contribution < 1.29 is 22.7 Å². The highest BCUT2D eigenvalue weighted by Crippen LogP contribution is 2.30. The topological polar surface area (TPSA) is 93.7 Å². The van der Waals surface area contributed by atoms with Gasteiger partial charge in [-0.2, -0.15) is 0 Å². The van der Waals surface area contributed by atoms with E-state index in [1.807, 2.05) is 18.2 Å². The van der Waals surface area contributed by atoms with Crippen LogP contribution in [0.5, 0.6) is 11.5 Å². The van der Waals surface area contributed by atoms with Crippen molar-refractivity contribution in [1.29, 1.82) is 0 Å². The van der Waals surface area contributed by atoms with Gasteiger partial charge >= 0.3 is 0 Å². The van der Waals surface area contributed by atoms with Gasteiger partial charge in [-0.1, -0.05) is 6.07 Å². The highest BCUT2D eigenvalue weighted by molar-refractivity contribution is 7.89. The number of hydrogen-bond donors (Lipinski definition) is 2. The molecule has 2 aromatic carbocycles. The number of sulfonamides is 1. The van der Waals surface area contributed by atoms with Crippen molar-refractivity contribution in [2.75, 3.05) is 20.3 Å². The quantitative estimate of drug-likeness (QED) is 0.813. The molecule has 1 heterocycles. The fraction of sp³-hybridized carbons (Fsp3) is 0.316. The summed E-state index contributed by atoms with van der Waals surface area (Å²) in [6.45, 7) is 4.80. The number of aryl methyl sites for hydroxylation is 1. The normalized spacial score (nSPS) is 13.3. The van der Waals surface area contributed by atoms with Crippen LogP contribution in [0.3, 0.4) is 0 Å². The van der Waals surface area contributed by atoms with Crippen molar-refractivity contribution >= 4 is 15.9 Å². The summed E-state index contributed by atoms with van der Waals surface area (Å²) < 4.78 is 37.7. The zero-order valence-corrected chi connectivity index (χ0v) is 16.3. The molecule has 1 aliphatic rings. The first-order valence-corrected chi connectivity index (χ1v) is 10.0. The van der Waals surface area contributed by atoms with Crippen LogP contribution in [0.25, 0.3) is 0 Å². The summed E-state index contributed by atoms with van der Waals surface area (Å²) in [5, 5.41) is 2.81. The van der Waals surface area contributed by atoms with Crippen LogP contribution in [0, 0.1) is 13.8 Å². The Hall–Kier alpha value is -2.58. The second kappa shape index (κ2) is 7.58. The average Bonchev–Trinajstić information content (AvgIpc) is 2.67. The fourth-order valence-electron chi connectivity index (χ4n) is 2.83. The molecule has 8 heteroatoms. The molecular formula is C19H22N2O5S. The Morgan fingerprint density at radius 1 is 1.07 bits per heavy atom. The average molecular weight is 390 g/mol. The first-order chi connectivity index (χ1) is 12.8. The number of benzene rings is 2. The molecule has 27 heavy (non-hydrogen) atoms. The molecule has 0 bridgehead atoms. The smallest absolute Gasteiger partial charge is 0.251 e. The van der Waals surface area contributed by atoms with E-state index in [9.17, 15) is 13.2 Å². The largest absolute Gasteiger partial charge is 0.486 e. The van der Waals surface area contributed by atoms with Crippen molar-refractivity contribution in [2.45, 2.75) is 25.3 Å².